The molecule has 1 aliphatic heterocycles. The quantitative estimate of drug-likeness (QED) is 0.152. The number of thioether (sulfide) groups is 1. The Morgan fingerprint density at radius 2 is 1.55 bits per heavy atom. The summed E-state index contributed by atoms with van der Waals surface area (Å²) in [6.07, 6.45) is 18.6. The van der Waals surface area contributed by atoms with Gasteiger partial charge < -0.3 is 15.0 Å². The number of nitrogens with zero attached hydrogens (tertiary/aromatic N) is 1. The maximum Gasteiger partial charge on any atom is 0.228 e. The molecule has 4 nitrogen and oxygen atoms in total. The van der Waals surface area contributed by atoms with Crippen LogP contribution >= 0.6 is 28.7 Å². The molecule has 6 heteroatoms. The third kappa shape index (κ3) is 14.0. The van der Waals surface area contributed by atoms with Crippen LogP contribution in [0.3, 0.4) is 0 Å². The topological polar surface area (TPSA) is 41.6 Å². The number of ether oxygens (including phenoxy) is 1. The number of carbonyl (C=O) groups excluding carboxylic acids is 1. The minimum Gasteiger partial charge on any atom is -0.493 e. The first-order valence-corrected chi connectivity index (χ1v) is 17.1. The lowest BCUT2D eigenvalue weighted by Gasteiger charge is -2.24. The van der Waals surface area contributed by atoms with Gasteiger partial charge in [-0.2, -0.15) is 0 Å². The molecule has 0 saturated heterocycles. The average molecular weight is 660 g/mol. The molecule has 2 aromatic carbocycles. The Kier molecular flexibility index (Phi) is 17.4. The summed E-state index contributed by atoms with van der Waals surface area (Å²) in [5.41, 5.74) is 4.16. The number of rotatable bonds is 19. The van der Waals surface area contributed by atoms with Gasteiger partial charge in [0.15, 0.2) is 0 Å². The van der Waals surface area contributed by atoms with Crippen LogP contribution in [0.5, 0.6) is 5.75 Å². The Hall–Kier alpha value is -1.92. The van der Waals surface area contributed by atoms with Gasteiger partial charge in [-0.15, -0.1) is 28.7 Å². The van der Waals surface area contributed by atoms with Crippen molar-refractivity contribution in [1.82, 2.24) is 4.90 Å². The summed E-state index contributed by atoms with van der Waals surface area (Å²) >= 11 is 1.80. The number of hydrogen-bond acceptors (Lipinski definition) is 4. The molecule has 0 aromatic heterocycles. The van der Waals surface area contributed by atoms with Gasteiger partial charge >= 0.3 is 0 Å². The summed E-state index contributed by atoms with van der Waals surface area (Å²) < 4.78 is 6.27. The van der Waals surface area contributed by atoms with Gasteiger partial charge in [-0.1, -0.05) is 123 Å². The lowest BCUT2D eigenvalue weighted by atomic mass is 9.85. The first-order chi connectivity index (χ1) is 19.8. The van der Waals surface area contributed by atoms with Crippen LogP contribution in [0, 0.1) is 0 Å². The Balaban J connectivity index is 0.00000616. The molecule has 1 aliphatic rings. The van der Waals surface area contributed by atoms with Gasteiger partial charge in [0.25, 0.3) is 0 Å². The molecular formula is C36H55BrN2O2S. The summed E-state index contributed by atoms with van der Waals surface area (Å²) in [6.45, 7) is 10.5. The van der Waals surface area contributed by atoms with E-state index in [9.17, 15) is 4.79 Å². The van der Waals surface area contributed by atoms with Gasteiger partial charge in [0, 0.05) is 18.4 Å². The van der Waals surface area contributed by atoms with E-state index in [1.165, 1.54) is 81.8 Å². The normalized spacial score (nSPS) is 12.8. The lowest BCUT2D eigenvalue weighted by Crippen LogP contribution is -2.17. The SMILES string of the molecule is Br.CCCCCCCCCCCCCCOc1ccc(CC(=O)Nc2cccc(CN3C=CSC3)c2)cc1C(C)(C)C. The van der Waals surface area contributed by atoms with Crippen molar-refractivity contribution in [3.8, 4) is 5.75 Å². The molecular weight excluding hydrogens is 604 g/mol. The van der Waals surface area contributed by atoms with Crippen LogP contribution in [0.1, 0.15) is 121 Å². The fraction of sp³-hybridized carbons (Fsp3) is 0.583. The van der Waals surface area contributed by atoms with Crippen molar-refractivity contribution in [2.24, 2.45) is 0 Å². The second-order valence-corrected chi connectivity index (χ2v) is 13.4. The van der Waals surface area contributed by atoms with Gasteiger partial charge in [-0.05, 0) is 52.1 Å². The first kappa shape index (κ1) is 36.3. The Labute approximate surface area is 271 Å². The average Bonchev–Trinajstić information content (AvgIpc) is 3.44. The summed E-state index contributed by atoms with van der Waals surface area (Å²) in [6, 6.07) is 14.4. The van der Waals surface area contributed by atoms with Gasteiger partial charge in [0.05, 0.1) is 18.9 Å². The molecule has 1 heterocycles. The highest BCUT2D eigenvalue weighted by Crippen LogP contribution is 2.33. The van der Waals surface area contributed by atoms with E-state index in [-0.39, 0.29) is 28.3 Å². The van der Waals surface area contributed by atoms with Crippen LogP contribution in [0.15, 0.2) is 54.1 Å². The summed E-state index contributed by atoms with van der Waals surface area (Å²) in [5, 5.41) is 5.21. The standard InChI is InChI=1S/C36H54N2O2S.BrH/c1-5-6-7-8-9-10-11-12-13-14-15-16-23-40-34-21-20-30(26-33(34)36(2,3)4)27-35(39)37-32-19-17-18-31(25-32)28-38-22-24-41-29-38;/h17-22,24-26H,5-16,23,27-29H2,1-4H3,(H,37,39);1H. The van der Waals surface area contributed by atoms with Crippen LogP contribution in [0.2, 0.25) is 0 Å². The Morgan fingerprint density at radius 1 is 0.881 bits per heavy atom. The van der Waals surface area contributed by atoms with E-state index in [0.717, 1.165) is 42.4 Å². The highest BCUT2D eigenvalue weighted by atomic mass is 79.9. The number of halogens is 1. The fourth-order valence-electron chi connectivity index (χ4n) is 5.31. The van der Waals surface area contributed by atoms with E-state index in [4.69, 9.17) is 4.74 Å². The number of hydrogen-bond donors (Lipinski definition) is 1. The van der Waals surface area contributed by atoms with E-state index < -0.39 is 0 Å². The van der Waals surface area contributed by atoms with Crippen LogP contribution < -0.4 is 10.1 Å². The third-order valence-corrected chi connectivity index (χ3v) is 8.47. The minimum atomic E-state index is -0.0605. The summed E-state index contributed by atoms with van der Waals surface area (Å²) in [7, 11) is 0. The van der Waals surface area contributed by atoms with Crippen molar-refractivity contribution in [3.05, 3.63) is 70.8 Å². The van der Waals surface area contributed by atoms with E-state index in [0.29, 0.717) is 6.42 Å². The van der Waals surface area contributed by atoms with Crippen LogP contribution in [0.4, 0.5) is 5.69 Å². The van der Waals surface area contributed by atoms with Gasteiger partial charge in [0.2, 0.25) is 5.91 Å². The Morgan fingerprint density at radius 3 is 2.17 bits per heavy atom. The highest BCUT2D eigenvalue weighted by molar-refractivity contribution is 8.93. The zero-order valence-electron chi connectivity index (χ0n) is 26.6. The molecule has 3 rings (SSSR count). The van der Waals surface area contributed by atoms with Crippen molar-refractivity contribution in [2.75, 3.05) is 17.8 Å². The van der Waals surface area contributed by atoms with Crippen molar-refractivity contribution >= 4 is 40.3 Å². The number of unbranched alkanes of at least 4 members (excludes halogenated alkanes) is 11. The maximum absolute atomic E-state index is 12.9. The Bertz CT molecular complexity index is 1080. The second kappa shape index (κ2) is 20.1. The molecule has 0 aliphatic carbocycles. The molecule has 1 amide bonds. The highest BCUT2D eigenvalue weighted by Gasteiger charge is 2.20. The molecule has 0 atom stereocenters. The maximum atomic E-state index is 12.9. The van der Waals surface area contributed by atoms with E-state index in [2.05, 4.69) is 73.8 Å². The van der Waals surface area contributed by atoms with Crippen LogP contribution in [-0.2, 0) is 23.2 Å². The smallest absolute Gasteiger partial charge is 0.228 e. The van der Waals surface area contributed by atoms with Crippen LogP contribution in [-0.4, -0.2) is 23.3 Å². The largest absolute Gasteiger partial charge is 0.493 e. The summed E-state index contributed by atoms with van der Waals surface area (Å²) in [4.78, 5) is 15.2. The molecule has 1 N–H and O–H groups in total. The molecule has 234 valence electrons. The molecule has 0 bridgehead atoms. The number of amides is 1. The molecule has 0 unspecified atom stereocenters. The molecule has 0 spiro atoms. The van der Waals surface area contributed by atoms with Gasteiger partial charge in [0.1, 0.15) is 5.75 Å². The zero-order valence-corrected chi connectivity index (χ0v) is 29.1. The summed E-state index contributed by atoms with van der Waals surface area (Å²) in [5.74, 6) is 1.93. The number of anilines is 1. The molecule has 0 saturated carbocycles. The lowest BCUT2D eigenvalue weighted by molar-refractivity contribution is -0.115. The zero-order chi connectivity index (χ0) is 29.3. The van der Waals surface area contributed by atoms with Crippen molar-refractivity contribution < 1.29 is 9.53 Å². The number of carbonyl (C=O) groups is 1. The molecule has 2 aromatic rings. The fourth-order valence-corrected chi connectivity index (χ4v) is 6.02. The third-order valence-electron chi connectivity index (χ3n) is 7.68. The van der Waals surface area contributed by atoms with Crippen molar-refractivity contribution in [2.45, 2.75) is 123 Å². The van der Waals surface area contributed by atoms with Crippen LogP contribution in [0.25, 0.3) is 0 Å². The predicted octanol–water partition coefficient (Wildman–Crippen LogP) is 10.8. The first-order valence-electron chi connectivity index (χ1n) is 16.0. The number of nitrogens with one attached hydrogen (secondary N) is 1. The molecule has 42 heavy (non-hydrogen) atoms. The van der Waals surface area contributed by atoms with E-state index >= 15 is 0 Å². The van der Waals surface area contributed by atoms with Gasteiger partial charge in [-0.25, -0.2) is 0 Å². The molecule has 0 fully saturated rings. The van der Waals surface area contributed by atoms with E-state index in [1.807, 2.05) is 18.2 Å². The second-order valence-electron chi connectivity index (χ2n) is 12.6. The minimum absolute atomic E-state index is 0. The van der Waals surface area contributed by atoms with Crippen molar-refractivity contribution in [3.63, 3.8) is 0 Å². The van der Waals surface area contributed by atoms with Gasteiger partial charge in [-0.3, -0.25) is 4.79 Å². The van der Waals surface area contributed by atoms with Crippen molar-refractivity contribution in [1.29, 1.82) is 0 Å². The predicted molar refractivity (Wildman–Crippen MR) is 188 cm³/mol. The van der Waals surface area contributed by atoms with E-state index in [1.54, 1.807) is 11.8 Å². The number of benzene rings is 2. The monoisotopic (exact) mass is 658 g/mol. The molecule has 0 radical (unpaired) electrons.